The van der Waals surface area contributed by atoms with E-state index >= 15 is 0 Å². The Kier molecular flexibility index (Phi) is 4.09. The summed E-state index contributed by atoms with van der Waals surface area (Å²) in [5.41, 5.74) is 3.53. The Labute approximate surface area is 126 Å². The Morgan fingerprint density at radius 3 is 2.52 bits per heavy atom. The summed E-state index contributed by atoms with van der Waals surface area (Å²) in [5.74, 6) is 7.45. The number of anilines is 2. The van der Waals surface area contributed by atoms with Crippen LogP contribution in [0.3, 0.4) is 0 Å². The number of hydrazine groups is 1. The van der Waals surface area contributed by atoms with Gasteiger partial charge in [0.2, 0.25) is 0 Å². The highest BCUT2D eigenvalue weighted by Crippen LogP contribution is 2.20. The molecule has 0 aliphatic rings. The SMILES string of the molecule is NNc1cc(NCc2cccs2)nc(-c2ccccc2)n1. The van der Waals surface area contributed by atoms with Gasteiger partial charge in [-0.25, -0.2) is 15.8 Å². The van der Waals surface area contributed by atoms with Crippen LogP contribution in [0.2, 0.25) is 0 Å². The molecule has 0 spiro atoms. The summed E-state index contributed by atoms with van der Waals surface area (Å²) in [7, 11) is 0. The molecule has 4 N–H and O–H groups in total. The largest absolute Gasteiger partial charge is 0.365 e. The lowest BCUT2D eigenvalue weighted by atomic mass is 10.2. The maximum atomic E-state index is 5.49. The molecule has 0 fully saturated rings. The van der Waals surface area contributed by atoms with E-state index in [1.54, 1.807) is 17.4 Å². The number of nitrogen functional groups attached to an aromatic ring is 1. The third kappa shape index (κ3) is 3.36. The molecule has 1 aromatic carbocycles. The number of hydrogen-bond donors (Lipinski definition) is 3. The Morgan fingerprint density at radius 1 is 1.00 bits per heavy atom. The highest BCUT2D eigenvalue weighted by Gasteiger charge is 2.06. The molecule has 2 aromatic heterocycles. The standard InChI is InChI=1S/C15H15N5S/c16-20-14-9-13(17-10-12-7-4-8-21-12)18-15(19-14)11-5-2-1-3-6-11/h1-9H,10,16H2,(H2,17,18,19,20). The molecule has 106 valence electrons. The van der Waals surface area contributed by atoms with Crippen molar-refractivity contribution in [3.8, 4) is 11.4 Å². The van der Waals surface area contributed by atoms with Gasteiger partial charge in [-0.3, -0.25) is 0 Å². The Morgan fingerprint density at radius 2 is 1.81 bits per heavy atom. The van der Waals surface area contributed by atoms with Gasteiger partial charge in [-0.1, -0.05) is 36.4 Å². The van der Waals surface area contributed by atoms with Gasteiger partial charge < -0.3 is 10.7 Å². The van der Waals surface area contributed by atoms with E-state index in [4.69, 9.17) is 5.84 Å². The van der Waals surface area contributed by atoms with Crippen molar-refractivity contribution in [3.05, 3.63) is 58.8 Å². The third-order valence-corrected chi connectivity index (χ3v) is 3.81. The molecule has 21 heavy (non-hydrogen) atoms. The molecular weight excluding hydrogens is 282 g/mol. The molecule has 0 atom stereocenters. The number of hydrogen-bond acceptors (Lipinski definition) is 6. The normalized spacial score (nSPS) is 10.3. The van der Waals surface area contributed by atoms with Crippen LogP contribution in [0, 0.1) is 0 Å². The van der Waals surface area contributed by atoms with Gasteiger partial charge in [0.1, 0.15) is 11.6 Å². The minimum absolute atomic E-state index is 0.581. The fraction of sp³-hybridized carbons (Fsp3) is 0.0667. The van der Waals surface area contributed by atoms with Gasteiger partial charge in [0.15, 0.2) is 5.82 Å². The quantitative estimate of drug-likeness (QED) is 0.498. The minimum atomic E-state index is 0.581. The molecule has 0 radical (unpaired) electrons. The van der Waals surface area contributed by atoms with E-state index < -0.39 is 0 Å². The topological polar surface area (TPSA) is 75.9 Å². The Bertz CT molecular complexity index is 697. The van der Waals surface area contributed by atoms with Gasteiger partial charge in [-0.15, -0.1) is 11.3 Å². The molecule has 3 rings (SSSR count). The van der Waals surface area contributed by atoms with E-state index in [9.17, 15) is 0 Å². The van der Waals surface area contributed by atoms with Crippen molar-refractivity contribution >= 4 is 23.0 Å². The van der Waals surface area contributed by atoms with Gasteiger partial charge in [0, 0.05) is 16.5 Å². The fourth-order valence-corrected chi connectivity index (χ4v) is 2.56. The average molecular weight is 297 g/mol. The molecular formula is C15H15N5S. The lowest BCUT2D eigenvalue weighted by Gasteiger charge is -2.09. The van der Waals surface area contributed by atoms with Crippen molar-refractivity contribution in [3.63, 3.8) is 0 Å². The molecule has 0 unspecified atom stereocenters. The lowest BCUT2D eigenvalue weighted by Crippen LogP contribution is -2.11. The van der Waals surface area contributed by atoms with Crippen LogP contribution in [0.25, 0.3) is 11.4 Å². The Balaban J connectivity index is 1.86. The van der Waals surface area contributed by atoms with Crippen LogP contribution in [-0.4, -0.2) is 9.97 Å². The van der Waals surface area contributed by atoms with Crippen LogP contribution in [-0.2, 0) is 6.54 Å². The van der Waals surface area contributed by atoms with Crippen LogP contribution < -0.4 is 16.6 Å². The van der Waals surface area contributed by atoms with E-state index in [1.165, 1.54) is 4.88 Å². The zero-order chi connectivity index (χ0) is 14.5. The molecule has 0 aliphatic heterocycles. The summed E-state index contributed by atoms with van der Waals surface area (Å²) >= 11 is 1.71. The smallest absolute Gasteiger partial charge is 0.163 e. The second-order valence-corrected chi connectivity index (χ2v) is 5.44. The van der Waals surface area contributed by atoms with Gasteiger partial charge in [-0.2, -0.15) is 0 Å². The number of aromatic nitrogens is 2. The van der Waals surface area contributed by atoms with Gasteiger partial charge >= 0.3 is 0 Å². The number of nitrogens with two attached hydrogens (primary N) is 1. The van der Waals surface area contributed by atoms with Crippen molar-refractivity contribution < 1.29 is 0 Å². The monoisotopic (exact) mass is 297 g/mol. The van der Waals surface area contributed by atoms with E-state index in [-0.39, 0.29) is 0 Å². The molecule has 0 aliphatic carbocycles. The number of nitrogens with one attached hydrogen (secondary N) is 2. The molecule has 5 nitrogen and oxygen atoms in total. The van der Waals surface area contributed by atoms with Gasteiger partial charge in [0.05, 0.1) is 6.54 Å². The summed E-state index contributed by atoms with van der Waals surface area (Å²) in [6, 6.07) is 15.7. The van der Waals surface area contributed by atoms with Crippen molar-refractivity contribution in [1.29, 1.82) is 0 Å². The van der Waals surface area contributed by atoms with E-state index in [0.717, 1.165) is 17.9 Å². The summed E-state index contributed by atoms with van der Waals surface area (Å²) in [6.45, 7) is 0.729. The molecule has 3 aromatic rings. The summed E-state index contributed by atoms with van der Waals surface area (Å²) < 4.78 is 0. The van der Waals surface area contributed by atoms with Crippen molar-refractivity contribution in [2.75, 3.05) is 10.7 Å². The zero-order valence-electron chi connectivity index (χ0n) is 11.3. The molecule has 0 bridgehead atoms. The van der Waals surface area contributed by atoms with E-state index in [1.807, 2.05) is 36.4 Å². The fourth-order valence-electron chi connectivity index (χ4n) is 1.92. The molecule has 0 amide bonds. The number of benzene rings is 1. The first-order valence-corrected chi connectivity index (χ1v) is 7.40. The molecule has 0 saturated carbocycles. The first-order valence-electron chi connectivity index (χ1n) is 6.52. The maximum Gasteiger partial charge on any atom is 0.163 e. The number of rotatable bonds is 5. The Hall–Kier alpha value is -2.44. The second kappa shape index (κ2) is 6.34. The van der Waals surface area contributed by atoms with Crippen LogP contribution >= 0.6 is 11.3 Å². The van der Waals surface area contributed by atoms with Crippen LogP contribution in [0.1, 0.15) is 4.88 Å². The summed E-state index contributed by atoms with van der Waals surface area (Å²) in [6.07, 6.45) is 0. The molecule has 0 saturated heterocycles. The first kappa shape index (κ1) is 13.5. The van der Waals surface area contributed by atoms with E-state index in [0.29, 0.717) is 11.6 Å². The predicted octanol–water partition coefficient (Wildman–Crippen LogP) is 3.10. The maximum absolute atomic E-state index is 5.49. The summed E-state index contributed by atoms with van der Waals surface area (Å²) in [4.78, 5) is 10.2. The lowest BCUT2D eigenvalue weighted by molar-refractivity contribution is 1.09. The van der Waals surface area contributed by atoms with Gasteiger partial charge in [-0.05, 0) is 11.4 Å². The number of nitrogens with zero attached hydrogens (tertiary/aromatic N) is 2. The third-order valence-electron chi connectivity index (χ3n) is 2.93. The first-order chi connectivity index (χ1) is 10.3. The van der Waals surface area contributed by atoms with Crippen molar-refractivity contribution in [1.82, 2.24) is 9.97 Å². The zero-order valence-corrected chi connectivity index (χ0v) is 12.1. The van der Waals surface area contributed by atoms with Crippen molar-refractivity contribution in [2.24, 2.45) is 5.84 Å². The van der Waals surface area contributed by atoms with Gasteiger partial charge in [0.25, 0.3) is 0 Å². The van der Waals surface area contributed by atoms with Crippen LogP contribution in [0.15, 0.2) is 53.9 Å². The average Bonchev–Trinajstić information content (AvgIpc) is 3.07. The highest BCUT2D eigenvalue weighted by molar-refractivity contribution is 7.09. The predicted molar refractivity (Wildman–Crippen MR) is 86.9 cm³/mol. The number of thiophene rings is 1. The van der Waals surface area contributed by atoms with Crippen molar-refractivity contribution in [2.45, 2.75) is 6.54 Å². The highest BCUT2D eigenvalue weighted by atomic mass is 32.1. The summed E-state index contributed by atoms with van der Waals surface area (Å²) in [5, 5.41) is 5.35. The molecule has 6 heteroatoms. The van der Waals surface area contributed by atoms with Crippen LogP contribution in [0.4, 0.5) is 11.6 Å². The second-order valence-electron chi connectivity index (χ2n) is 4.41. The molecule has 2 heterocycles. The van der Waals surface area contributed by atoms with E-state index in [2.05, 4.69) is 32.2 Å². The minimum Gasteiger partial charge on any atom is -0.365 e. The van der Waals surface area contributed by atoms with Crippen LogP contribution in [0.5, 0.6) is 0 Å².